The van der Waals surface area contributed by atoms with Crippen LogP contribution in [0.1, 0.15) is 51.9 Å². The van der Waals surface area contributed by atoms with E-state index in [1.165, 1.54) is 25.7 Å². The van der Waals surface area contributed by atoms with Gasteiger partial charge >= 0.3 is 23.3 Å². The Morgan fingerprint density at radius 3 is 1.76 bits per heavy atom. The molecule has 0 fully saturated rings. The SMILES string of the molecule is CCCCCCCCC(=O)O.O=P([O-])([O-])[O-].[Al+3]. The molecular weight excluding hydrogens is 262 g/mol. The van der Waals surface area contributed by atoms with Gasteiger partial charge in [-0.05, 0) is 6.42 Å². The zero-order valence-corrected chi connectivity index (χ0v) is 12.0. The molecular formula is C9H18AlO6P. The van der Waals surface area contributed by atoms with Crippen LogP contribution in [-0.4, -0.2) is 28.4 Å². The summed E-state index contributed by atoms with van der Waals surface area (Å²) in [6.07, 6.45) is 7.25. The largest absolute Gasteiger partial charge is 3.00 e. The molecule has 0 saturated carbocycles. The Labute approximate surface area is 112 Å². The van der Waals surface area contributed by atoms with Crippen LogP contribution < -0.4 is 14.7 Å². The molecule has 0 rings (SSSR count). The fourth-order valence-corrected chi connectivity index (χ4v) is 1.06. The minimum Gasteiger partial charge on any atom is -0.822 e. The van der Waals surface area contributed by atoms with Crippen LogP contribution in [0.5, 0.6) is 0 Å². The molecule has 0 radical (unpaired) electrons. The second-order valence-electron chi connectivity index (χ2n) is 3.36. The average Bonchev–Trinajstić information content (AvgIpc) is 2.08. The van der Waals surface area contributed by atoms with Gasteiger partial charge in [0.2, 0.25) is 0 Å². The van der Waals surface area contributed by atoms with E-state index in [-0.39, 0.29) is 17.4 Å². The summed E-state index contributed by atoms with van der Waals surface area (Å²) in [5, 5.41) is 8.32. The van der Waals surface area contributed by atoms with E-state index in [2.05, 4.69) is 6.92 Å². The molecule has 0 aliphatic rings. The minimum atomic E-state index is -5.39. The molecule has 0 saturated heterocycles. The zero-order chi connectivity index (χ0) is 13.0. The fourth-order valence-electron chi connectivity index (χ4n) is 1.06. The molecule has 0 spiro atoms. The van der Waals surface area contributed by atoms with E-state index in [0.717, 1.165) is 12.8 Å². The standard InChI is InChI=1S/C9H18O2.Al.H3O4P/c1-2-3-4-5-6-7-8-9(10)11;;1-5(2,3)4/h2-8H2,1H3,(H,10,11);;(H3,1,2,3,4)/q;+3;/p-3. The first-order valence-corrected chi connectivity index (χ1v) is 6.68. The van der Waals surface area contributed by atoms with E-state index in [1.54, 1.807) is 0 Å². The molecule has 0 bridgehead atoms. The van der Waals surface area contributed by atoms with Gasteiger partial charge in [0, 0.05) is 6.42 Å². The summed E-state index contributed by atoms with van der Waals surface area (Å²) in [6.45, 7) is 2.18. The second-order valence-corrected chi connectivity index (χ2v) is 4.25. The Balaban J connectivity index is -0.000000280. The van der Waals surface area contributed by atoms with E-state index < -0.39 is 13.8 Å². The van der Waals surface area contributed by atoms with E-state index in [9.17, 15) is 4.79 Å². The normalized spacial score (nSPS) is 9.88. The number of aliphatic carboxylic acids is 1. The number of hydrogen-bond acceptors (Lipinski definition) is 5. The summed E-state index contributed by atoms with van der Waals surface area (Å²) in [6, 6.07) is 0. The number of carboxylic acid groups (broad SMARTS) is 1. The minimum absolute atomic E-state index is 0. The fraction of sp³-hybridized carbons (Fsp3) is 0.889. The summed E-state index contributed by atoms with van der Waals surface area (Å²) in [4.78, 5) is 35.7. The molecule has 1 N–H and O–H groups in total. The average molecular weight is 280 g/mol. The van der Waals surface area contributed by atoms with Crippen molar-refractivity contribution < 1.29 is 29.1 Å². The van der Waals surface area contributed by atoms with Gasteiger partial charge in [-0.25, -0.2) is 0 Å². The van der Waals surface area contributed by atoms with Crippen LogP contribution in [0.3, 0.4) is 0 Å². The van der Waals surface area contributed by atoms with Crippen LogP contribution in [0.15, 0.2) is 0 Å². The zero-order valence-electron chi connectivity index (χ0n) is 9.96. The van der Waals surface area contributed by atoms with Gasteiger partial charge in [0.1, 0.15) is 0 Å². The Morgan fingerprint density at radius 2 is 1.41 bits per heavy atom. The van der Waals surface area contributed by atoms with Crippen LogP contribution in [0, 0.1) is 0 Å². The van der Waals surface area contributed by atoms with Crippen LogP contribution in [-0.2, 0) is 9.36 Å². The van der Waals surface area contributed by atoms with Crippen LogP contribution >= 0.6 is 7.82 Å². The maximum absolute atomic E-state index is 10.1. The molecule has 0 aliphatic heterocycles. The third kappa shape index (κ3) is 48.8. The number of unbranched alkanes of at least 4 members (excludes halogenated alkanes) is 5. The van der Waals surface area contributed by atoms with Crippen LogP contribution in [0.4, 0.5) is 0 Å². The van der Waals surface area contributed by atoms with Crippen molar-refractivity contribution in [1.82, 2.24) is 0 Å². The smallest absolute Gasteiger partial charge is 0.822 e. The van der Waals surface area contributed by atoms with Crippen molar-refractivity contribution in [3.63, 3.8) is 0 Å². The molecule has 17 heavy (non-hydrogen) atoms. The van der Waals surface area contributed by atoms with Crippen molar-refractivity contribution >= 4 is 31.2 Å². The maximum Gasteiger partial charge on any atom is 3.00 e. The van der Waals surface area contributed by atoms with Crippen molar-refractivity contribution in [1.29, 1.82) is 0 Å². The first kappa shape index (κ1) is 22.3. The van der Waals surface area contributed by atoms with E-state index in [0.29, 0.717) is 6.42 Å². The Kier molecular flexibility index (Phi) is 18.6. The number of carboxylic acids is 1. The molecule has 98 valence electrons. The number of hydrogen-bond donors (Lipinski definition) is 1. The first-order valence-electron chi connectivity index (χ1n) is 5.22. The van der Waals surface area contributed by atoms with Crippen LogP contribution in [0.2, 0.25) is 0 Å². The van der Waals surface area contributed by atoms with Crippen molar-refractivity contribution in [2.24, 2.45) is 0 Å². The number of phosphoric acid groups is 1. The van der Waals surface area contributed by atoms with Gasteiger partial charge in [-0.2, -0.15) is 7.82 Å². The summed E-state index contributed by atoms with van der Waals surface area (Å²) >= 11 is 0. The summed E-state index contributed by atoms with van der Waals surface area (Å²) in [7, 11) is -5.39. The molecule has 0 atom stereocenters. The van der Waals surface area contributed by atoms with E-state index in [4.69, 9.17) is 24.4 Å². The Bertz CT molecular complexity index is 209. The number of carbonyl (C=O) groups is 1. The van der Waals surface area contributed by atoms with E-state index in [1.807, 2.05) is 0 Å². The van der Waals surface area contributed by atoms with Crippen molar-refractivity contribution in [2.45, 2.75) is 51.9 Å². The summed E-state index contributed by atoms with van der Waals surface area (Å²) in [5.74, 6) is -0.666. The monoisotopic (exact) mass is 280 g/mol. The molecule has 8 heteroatoms. The maximum atomic E-state index is 10.1. The Hall–Kier alpha value is 0.112. The topological polar surface area (TPSA) is 124 Å². The van der Waals surface area contributed by atoms with Crippen molar-refractivity contribution in [3.8, 4) is 0 Å². The molecule has 0 unspecified atom stereocenters. The predicted molar refractivity (Wildman–Crippen MR) is 59.0 cm³/mol. The van der Waals surface area contributed by atoms with Gasteiger partial charge in [0.05, 0.1) is 0 Å². The predicted octanol–water partition coefficient (Wildman–Crippen LogP) is -0.384. The quantitative estimate of drug-likeness (QED) is 0.385. The summed E-state index contributed by atoms with van der Waals surface area (Å²) in [5.41, 5.74) is 0. The van der Waals surface area contributed by atoms with Crippen molar-refractivity contribution in [2.75, 3.05) is 0 Å². The third-order valence-electron chi connectivity index (χ3n) is 1.74. The van der Waals surface area contributed by atoms with Gasteiger partial charge in [-0.15, -0.1) is 0 Å². The van der Waals surface area contributed by atoms with Crippen molar-refractivity contribution in [3.05, 3.63) is 0 Å². The number of rotatable bonds is 7. The van der Waals surface area contributed by atoms with Gasteiger partial charge in [0.15, 0.2) is 0 Å². The molecule has 0 amide bonds. The van der Waals surface area contributed by atoms with Gasteiger partial charge in [0.25, 0.3) is 0 Å². The second kappa shape index (κ2) is 14.2. The van der Waals surface area contributed by atoms with Gasteiger partial charge < -0.3 is 24.4 Å². The van der Waals surface area contributed by atoms with Gasteiger partial charge in [-0.3, -0.25) is 4.79 Å². The molecule has 0 aromatic rings. The molecule has 6 nitrogen and oxygen atoms in total. The third-order valence-corrected chi connectivity index (χ3v) is 1.74. The molecule has 0 aliphatic carbocycles. The molecule has 0 aromatic carbocycles. The first-order chi connectivity index (χ1) is 7.27. The Morgan fingerprint density at radius 1 is 1.06 bits per heavy atom. The van der Waals surface area contributed by atoms with Crippen LogP contribution in [0.25, 0.3) is 0 Å². The van der Waals surface area contributed by atoms with Gasteiger partial charge in [-0.1, -0.05) is 39.0 Å². The molecule has 0 heterocycles. The summed E-state index contributed by atoms with van der Waals surface area (Å²) < 4.78 is 8.55. The molecule has 0 aromatic heterocycles. The van der Waals surface area contributed by atoms with E-state index >= 15 is 0 Å².